The number of unbranched alkanes of at least 4 members (excludes halogenated alkanes) is 1. The SMILES string of the molecule is CN(C)CCn1c(=O)oc2cc(N3CCN(C(=O)NCCCCc4ccccc4)C(C(C)(C)C)C3)ccc21. The van der Waals surface area contributed by atoms with Crippen molar-refractivity contribution in [3.63, 3.8) is 0 Å². The number of piperazine rings is 1. The van der Waals surface area contributed by atoms with Crippen LogP contribution in [0.15, 0.2) is 57.7 Å². The molecular formula is C30H43N5O3. The molecular weight excluding hydrogens is 478 g/mol. The molecule has 1 fully saturated rings. The predicted molar refractivity (Wildman–Crippen MR) is 154 cm³/mol. The van der Waals surface area contributed by atoms with Crippen LogP contribution >= 0.6 is 0 Å². The molecule has 2 heterocycles. The molecule has 206 valence electrons. The molecule has 8 heteroatoms. The normalized spacial score (nSPS) is 16.4. The molecule has 1 N–H and O–H groups in total. The molecule has 4 rings (SSSR count). The minimum atomic E-state index is -0.322. The van der Waals surface area contributed by atoms with Gasteiger partial charge in [-0.2, -0.15) is 0 Å². The number of urea groups is 1. The molecule has 0 spiro atoms. The van der Waals surface area contributed by atoms with E-state index >= 15 is 0 Å². The molecule has 1 atom stereocenters. The lowest BCUT2D eigenvalue weighted by Crippen LogP contribution is -2.61. The predicted octanol–water partition coefficient (Wildman–Crippen LogP) is 4.43. The zero-order valence-electron chi connectivity index (χ0n) is 23.6. The van der Waals surface area contributed by atoms with Crippen LogP contribution in [0, 0.1) is 5.41 Å². The van der Waals surface area contributed by atoms with Crippen LogP contribution in [0.2, 0.25) is 0 Å². The second-order valence-corrected chi connectivity index (χ2v) is 11.7. The Morgan fingerprint density at radius 3 is 2.55 bits per heavy atom. The summed E-state index contributed by atoms with van der Waals surface area (Å²) in [4.78, 5) is 32.0. The third kappa shape index (κ3) is 6.78. The van der Waals surface area contributed by atoms with Gasteiger partial charge in [0.05, 0.1) is 11.6 Å². The number of oxazole rings is 1. The minimum absolute atomic E-state index is 0.0173. The Balaban J connectivity index is 1.38. The number of aromatic nitrogens is 1. The van der Waals surface area contributed by atoms with Crippen molar-refractivity contribution in [3.8, 4) is 0 Å². The van der Waals surface area contributed by atoms with Gasteiger partial charge in [0.1, 0.15) is 0 Å². The smallest absolute Gasteiger partial charge is 0.408 e. The Kier molecular flexibility index (Phi) is 8.82. The molecule has 1 saturated heterocycles. The summed E-state index contributed by atoms with van der Waals surface area (Å²) in [5, 5.41) is 3.16. The van der Waals surface area contributed by atoms with Gasteiger partial charge in [-0.3, -0.25) is 4.57 Å². The van der Waals surface area contributed by atoms with Gasteiger partial charge in [0, 0.05) is 51.0 Å². The molecule has 2 amide bonds. The van der Waals surface area contributed by atoms with E-state index in [9.17, 15) is 9.59 Å². The van der Waals surface area contributed by atoms with Gasteiger partial charge in [-0.05, 0) is 56.5 Å². The lowest BCUT2D eigenvalue weighted by Gasteiger charge is -2.47. The van der Waals surface area contributed by atoms with E-state index in [0.29, 0.717) is 25.2 Å². The number of amides is 2. The van der Waals surface area contributed by atoms with Crippen molar-refractivity contribution in [3.05, 3.63) is 64.6 Å². The van der Waals surface area contributed by atoms with Gasteiger partial charge in [-0.25, -0.2) is 9.59 Å². The lowest BCUT2D eigenvalue weighted by atomic mass is 9.84. The summed E-state index contributed by atoms with van der Waals surface area (Å²) in [6.45, 7) is 10.7. The van der Waals surface area contributed by atoms with E-state index in [1.54, 1.807) is 4.57 Å². The number of carbonyl (C=O) groups is 1. The number of benzene rings is 2. The fourth-order valence-electron chi connectivity index (χ4n) is 5.16. The van der Waals surface area contributed by atoms with Crippen LogP contribution in [-0.4, -0.2) is 73.3 Å². The van der Waals surface area contributed by atoms with Crippen LogP contribution < -0.4 is 16.0 Å². The summed E-state index contributed by atoms with van der Waals surface area (Å²) in [5.74, 6) is -0.322. The van der Waals surface area contributed by atoms with Crippen LogP contribution in [0.4, 0.5) is 10.5 Å². The Morgan fingerprint density at radius 2 is 1.84 bits per heavy atom. The molecule has 1 aromatic heterocycles. The van der Waals surface area contributed by atoms with Crippen LogP contribution in [0.3, 0.4) is 0 Å². The van der Waals surface area contributed by atoms with Gasteiger partial charge in [0.15, 0.2) is 5.58 Å². The van der Waals surface area contributed by atoms with Gasteiger partial charge >= 0.3 is 11.8 Å². The third-order valence-electron chi connectivity index (χ3n) is 7.44. The second-order valence-electron chi connectivity index (χ2n) is 11.7. The van der Waals surface area contributed by atoms with Crippen LogP contribution in [0.25, 0.3) is 11.1 Å². The number of nitrogens with one attached hydrogen (secondary N) is 1. The molecule has 38 heavy (non-hydrogen) atoms. The maximum absolute atomic E-state index is 13.2. The van der Waals surface area contributed by atoms with Crippen molar-refractivity contribution in [2.24, 2.45) is 5.41 Å². The summed E-state index contributed by atoms with van der Waals surface area (Å²) >= 11 is 0. The van der Waals surface area contributed by atoms with E-state index < -0.39 is 0 Å². The highest BCUT2D eigenvalue weighted by molar-refractivity contribution is 5.78. The zero-order chi connectivity index (χ0) is 27.3. The quantitative estimate of drug-likeness (QED) is 0.422. The summed E-state index contributed by atoms with van der Waals surface area (Å²) < 4.78 is 7.29. The van der Waals surface area contributed by atoms with Crippen molar-refractivity contribution < 1.29 is 9.21 Å². The Labute approximate surface area is 226 Å². The standard InChI is InChI=1S/C30H43N5O3/c1-30(2,3)27-22-33(24-14-15-25-26(21-24)38-29(37)34(25)19-17-32(4)5)18-20-35(27)28(36)31-16-10-9-13-23-11-7-6-8-12-23/h6-8,11-12,14-15,21,27H,9-10,13,16-20,22H2,1-5H3,(H,31,36). The zero-order valence-corrected chi connectivity index (χ0v) is 23.6. The highest BCUT2D eigenvalue weighted by Crippen LogP contribution is 2.31. The van der Waals surface area contributed by atoms with Gasteiger partial charge in [0.25, 0.3) is 0 Å². The van der Waals surface area contributed by atoms with Crippen LogP contribution in [0.5, 0.6) is 0 Å². The Morgan fingerprint density at radius 1 is 1.08 bits per heavy atom. The number of hydrogen-bond donors (Lipinski definition) is 1. The largest absolute Gasteiger partial charge is 0.419 e. The number of hydrogen-bond acceptors (Lipinski definition) is 5. The van der Waals surface area contributed by atoms with E-state index in [1.807, 2.05) is 42.1 Å². The van der Waals surface area contributed by atoms with Gasteiger partial charge in [-0.1, -0.05) is 51.1 Å². The molecule has 0 aliphatic carbocycles. The molecule has 1 unspecified atom stereocenters. The van der Waals surface area contributed by atoms with Crippen molar-refractivity contribution in [2.45, 2.75) is 52.6 Å². The summed E-state index contributed by atoms with van der Waals surface area (Å²) in [7, 11) is 3.98. The Hall–Kier alpha value is -3.26. The van der Waals surface area contributed by atoms with Gasteiger partial charge in [0.2, 0.25) is 0 Å². The first kappa shape index (κ1) is 27.8. The fourth-order valence-corrected chi connectivity index (χ4v) is 5.16. The highest BCUT2D eigenvalue weighted by Gasteiger charge is 2.38. The molecule has 1 aliphatic rings. The van der Waals surface area contributed by atoms with E-state index in [4.69, 9.17) is 4.42 Å². The van der Waals surface area contributed by atoms with Crippen LogP contribution in [-0.2, 0) is 13.0 Å². The van der Waals surface area contributed by atoms with Crippen molar-refractivity contribution >= 4 is 22.8 Å². The maximum Gasteiger partial charge on any atom is 0.419 e. The number of nitrogens with zero attached hydrogens (tertiary/aromatic N) is 4. The third-order valence-corrected chi connectivity index (χ3v) is 7.44. The number of likely N-dealkylation sites (N-methyl/N-ethyl adjacent to an activating group) is 1. The average Bonchev–Trinajstić information content (AvgIpc) is 3.20. The first-order chi connectivity index (χ1) is 18.1. The van der Waals surface area contributed by atoms with Crippen molar-refractivity contribution in [1.29, 1.82) is 0 Å². The molecule has 1 aliphatic heterocycles. The summed E-state index contributed by atoms with van der Waals surface area (Å²) in [5.41, 5.74) is 3.69. The summed E-state index contributed by atoms with van der Waals surface area (Å²) in [6, 6.07) is 16.5. The topological polar surface area (TPSA) is 74.0 Å². The molecule has 0 saturated carbocycles. The maximum atomic E-state index is 13.2. The van der Waals surface area contributed by atoms with Gasteiger partial charge in [-0.15, -0.1) is 0 Å². The number of carbonyl (C=O) groups excluding carboxylic acids is 1. The van der Waals surface area contributed by atoms with E-state index in [1.165, 1.54) is 5.56 Å². The van der Waals surface area contributed by atoms with E-state index in [-0.39, 0.29) is 23.2 Å². The van der Waals surface area contributed by atoms with E-state index in [0.717, 1.165) is 50.1 Å². The number of rotatable bonds is 9. The molecule has 0 radical (unpaired) electrons. The highest BCUT2D eigenvalue weighted by atomic mass is 16.4. The monoisotopic (exact) mass is 521 g/mol. The average molecular weight is 522 g/mol. The second kappa shape index (κ2) is 12.1. The number of anilines is 1. The summed E-state index contributed by atoms with van der Waals surface area (Å²) in [6.07, 6.45) is 3.04. The first-order valence-corrected chi connectivity index (χ1v) is 13.7. The van der Waals surface area contributed by atoms with E-state index in [2.05, 4.69) is 61.3 Å². The number of fused-ring (bicyclic) bond motifs is 1. The van der Waals surface area contributed by atoms with Crippen LogP contribution in [0.1, 0.15) is 39.2 Å². The molecule has 3 aromatic rings. The van der Waals surface area contributed by atoms with Crippen molar-refractivity contribution in [2.75, 3.05) is 51.7 Å². The molecule has 0 bridgehead atoms. The lowest BCUT2D eigenvalue weighted by molar-refractivity contribution is 0.107. The van der Waals surface area contributed by atoms with Gasteiger partial charge < -0.3 is 24.4 Å². The molecule has 8 nitrogen and oxygen atoms in total. The first-order valence-electron chi connectivity index (χ1n) is 13.7. The Bertz CT molecular complexity index is 1260. The molecule has 2 aromatic carbocycles. The fraction of sp³-hybridized carbons (Fsp3) is 0.533. The van der Waals surface area contributed by atoms with Crippen molar-refractivity contribution in [1.82, 2.24) is 19.7 Å². The number of aryl methyl sites for hydroxylation is 1. The minimum Gasteiger partial charge on any atom is -0.408 e.